The van der Waals surface area contributed by atoms with E-state index in [1.54, 1.807) is 0 Å². The van der Waals surface area contributed by atoms with Crippen LogP contribution in [0.5, 0.6) is 0 Å². The highest BCUT2D eigenvalue weighted by atomic mass is 16.1. The first-order valence-electron chi connectivity index (χ1n) is 7.71. The molecule has 112 valence electrons. The summed E-state index contributed by atoms with van der Waals surface area (Å²) >= 11 is 0. The average molecular weight is 284 g/mol. The second-order valence-electron chi connectivity index (χ2n) is 6.86. The number of hydrogen-bond acceptors (Lipinski definition) is 2. The van der Waals surface area contributed by atoms with Gasteiger partial charge in [-0.3, -0.25) is 4.79 Å². The van der Waals surface area contributed by atoms with Gasteiger partial charge in [0.25, 0.3) is 0 Å². The molecule has 2 atom stereocenters. The fraction of sp³-hybridized carbons (Fsp3) is 0.556. The zero-order valence-corrected chi connectivity index (χ0v) is 13.1. The number of benzene rings is 1. The van der Waals surface area contributed by atoms with Crippen molar-refractivity contribution in [3.8, 4) is 6.07 Å². The molecule has 1 aromatic carbocycles. The lowest BCUT2D eigenvalue weighted by Gasteiger charge is -2.41. The second-order valence-corrected chi connectivity index (χ2v) is 6.86. The number of amides is 1. The molecule has 21 heavy (non-hydrogen) atoms. The van der Waals surface area contributed by atoms with E-state index in [2.05, 4.69) is 32.2 Å². The second kappa shape index (κ2) is 6.30. The monoisotopic (exact) mass is 284 g/mol. The van der Waals surface area contributed by atoms with Crippen LogP contribution >= 0.6 is 0 Å². The minimum Gasteiger partial charge on any atom is -0.326 e. The van der Waals surface area contributed by atoms with E-state index in [0.29, 0.717) is 12.3 Å². The van der Waals surface area contributed by atoms with E-state index in [1.807, 2.05) is 24.3 Å². The van der Waals surface area contributed by atoms with Crippen molar-refractivity contribution in [3.05, 3.63) is 29.8 Å². The molecule has 0 saturated heterocycles. The molecule has 1 saturated carbocycles. The first-order chi connectivity index (χ1) is 9.94. The summed E-state index contributed by atoms with van der Waals surface area (Å²) in [6, 6.07) is 9.68. The minimum absolute atomic E-state index is 0.0580. The highest BCUT2D eigenvalue weighted by molar-refractivity contribution is 5.93. The number of nitrogens with zero attached hydrogens (tertiary/aromatic N) is 1. The van der Waals surface area contributed by atoms with Crippen LogP contribution in [0.4, 0.5) is 5.69 Å². The Bertz CT molecular complexity index is 539. The molecule has 0 spiro atoms. The number of carbonyl (C=O) groups is 1. The van der Waals surface area contributed by atoms with Crippen LogP contribution in [0.3, 0.4) is 0 Å². The quantitative estimate of drug-likeness (QED) is 0.906. The third-order valence-corrected chi connectivity index (χ3v) is 4.68. The molecule has 1 fully saturated rings. The molecule has 1 N–H and O–H groups in total. The topological polar surface area (TPSA) is 52.9 Å². The third kappa shape index (κ3) is 3.64. The smallest absolute Gasteiger partial charge is 0.228 e. The third-order valence-electron chi connectivity index (χ3n) is 4.68. The Morgan fingerprint density at radius 3 is 2.62 bits per heavy atom. The Kier molecular flexibility index (Phi) is 4.67. The van der Waals surface area contributed by atoms with Crippen molar-refractivity contribution in [1.29, 1.82) is 5.26 Å². The van der Waals surface area contributed by atoms with Crippen molar-refractivity contribution in [1.82, 2.24) is 0 Å². The fourth-order valence-electron chi connectivity index (χ4n) is 3.60. The molecule has 2 rings (SSSR count). The van der Waals surface area contributed by atoms with Crippen molar-refractivity contribution in [3.63, 3.8) is 0 Å². The molecule has 0 heterocycles. The molecule has 3 nitrogen and oxygen atoms in total. The van der Waals surface area contributed by atoms with Crippen molar-refractivity contribution < 1.29 is 4.79 Å². The summed E-state index contributed by atoms with van der Waals surface area (Å²) in [5.74, 6) is 0.608. The van der Waals surface area contributed by atoms with Gasteiger partial charge in [-0.15, -0.1) is 0 Å². The highest BCUT2D eigenvalue weighted by Crippen LogP contribution is 2.44. The SMILES string of the molecule is C[C@H]1CCCC(C)(C)C1C(=O)Nc1ccc(CC#N)cc1. The lowest BCUT2D eigenvalue weighted by molar-refractivity contribution is -0.127. The van der Waals surface area contributed by atoms with Crippen LogP contribution in [0.25, 0.3) is 0 Å². The Labute approximate surface area is 127 Å². The number of rotatable bonds is 3. The first kappa shape index (κ1) is 15.6. The maximum atomic E-state index is 12.6. The summed E-state index contributed by atoms with van der Waals surface area (Å²) in [7, 11) is 0. The lowest BCUT2D eigenvalue weighted by Crippen LogP contribution is -2.42. The van der Waals surface area contributed by atoms with Gasteiger partial charge in [-0.05, 0) is 41.9 Å². The van der Waals surface area contributed by atoms with Gasteiger partial charge in [-0.2, -0.15) is 5.26 Å². The van der Waals surface area contributed by atoms with Crippen molar-refractivity contribution >= 4 is 11.6 Å². The zero-order chi connectivity index (χ0) is 15.5. The summed E-state index contributed by atoms with van der Waals surface area (Å²) in [6.45, 7) is 6.58. The Morgan fingerprint density at radius 2 is 2.05 bits per heavy atom. The van der Waals surface area contributed by atoms with Gasteiger partial charge in [0, 0.05) is 11.6 Å². The average Bonchev–Trinajstić information content (AvgIpc) is 2.40. The van der Waals surface area contributed by atoms with E-state index in [4.69, 9.17) is 5.26 Å². The van der Waals surface area contributed by atoms with Crippen LogP contribution in [0.15, 0.2) is 24.3 Å². The van der Waals surface area contributed by atoms with Gasteiger partial charge >= 0.3 is 0 Å². The largest absolute Gasteiger partial charge is 0.326 e. The fourth-order valence-corrected chi connectivity index (χ4v) is 3.60. The van der Waals surface area contributed by atoms with Crippen LogP contribution in [0.1, 0.15) is 45.6 Å². The van der Waals surface area contributed by atoms with Gasteiger partial charge in [0.1, 0.15) is 0 Å². The lowest BCUT2D eigenvalue weighted by atomic mass is 9.64. The Balaban J connectivity index is 2.08. The normalized spacial score (nSPS) is 24.1. The van der Waals surface area contributed by atoms with Crippen molar-refractivity contribution in [2.45, 2.75) is 46.5 Å². The summed E-state index contributed by atoms with van der Waals surface area (Å²) < 4.78 is 0. The minimum atomic E-state index is 0.0580. The molecular weight excluding hydrogens is 260 g/mol. The van der Waals surface area contributed by atoms with E-state index in [9.17, 15) is 4.79 Å². The van der Waals surface area contributed by atoms with E-state index >= 15 is 0 Å². The molecule has 1 unspecified atom stereocenters. The van der Waals surface area contributed by atoms with E-state index < -0.39 is 0 Å². The molecule has 0 bridgehead atoms. The van der Waals surface area contributed by atoms with Crippen molar-refractivity contribution in [2.75, 3.05) is 5.32 Å². The molecule has 0 aromatic heterocycles. The molecule has 3 heteroatoms. The first-order valence-corrected chi connectivity index (χ1v) is 7.71. The van der Waals surface area contributed by atoms with Crippen LogP contribution in [0.2, 0.25) is 0 Å². The Hall–Kier alpha value is -1.82. The zero-order valence-electron chi connectivity index (χ0n) is 13.1. The summed E-state index contributed by atoms with van der Waals surface area (Å²) in [5, 5.41) is 11.7. The van der Waals surface area contributed by atoms with Crippen LogP contribution in [0, 0.1) is 28.6 Å². The molecule has 1 amide bonds. The number of nitriles is 1. The predicted octanol–water partition coefficient (Wildman–Crippen LogP) is 4.15. The molecule has 1 aliphatic carbocycles. The number of hydrogen-bond donors (Lipinski definition) is 1. The maximum Gasteiger partial charge on any atom is 0.228 e. The van der Waals surface area contributed by atoms with Gasteiger partial charge in [0.05, 0.1) is 12.5 Å². The molecule has 0 radical (unpaired) electrons. The van der Waals surface area contributed by atoms with Gasteiger partial charge in [-0.1, -0.05) is 39.3 Å². The highest BCUT2D eigenvalue weighted by Gasteiger charge is 2.41. The molecule has 0 aliphatic heterocycles. The van der Waals surface area contributed by atoms with E-state index in [1.165, 1.54) is 6.42 Å². The Morgan fingerprint density at radius 1 is 1.38 bits per heavy atom. The van der Waals surface area contributed by atoms with E-state index in [-0.39, 0.29) is 17.2 Å². The summed E-state index contributed by atoms with van der Waals surface area (Å²) in [5.41, 5.74) is 1.85. The standard InChI is InChI=1S/C18H24N2O/c1-13-5-4-11-18(2,3)16(13)17(21)20-15-8-6-14(7-9-15)10-12-19/h6-9,13,16H,4-5,10-11H2,1-3H3,(H,20,21)/t13-,16?/m0/s1. The van der Waals surface area contributed by atoms with Gasteiger partial charge in [0.2, 0.25) is 5.91 Å². The van der Waals surface area contributed by atoms with Crippen molar-refractivity contribution in [2.24, 2.45) is 17.3 Å². The molecular formula is C18H24N2O. The number of carbonyl (C=O) groups excluding carboxylic acids is 1. The molecule has 1 aromatic rings. The van der Waals surface area contributed by atoms with Crippen LogP contribution < -0.4 is 5.32 Å². The van der Waals surface area contributed by atoms with Gasteiger partial charge in [0.15, 0.2) is 0 Å². The summed E-state index contributed by atoms with van der Waals surface area (Å²) in [4.78, 5) is 12.6. The van der Waals surface area contributed by atoms with Crippen LogP contribution in [-0.4, -0.2) is 5.91 Å². The van der Waals surface area contributed by atoms with Crippen LogP contribution in [-0.2, 0) is 11.2 Å². The number of nitrogens with one attached hydrogen (secondary N) is 1. The van der Waals surface area contributed by atoms with Gasteiger partial charge < -0.3 is 5.32 Å². The maximum absolute atomic E-state index is 12.6. The predicted molar refractivity (Wildman–Crippen MR) is 84.7 cm³/mol. The molecule has 1 aliphatic rings. The van der Waals surface area contributed by atoms with E-state index in [0.717, 1.165) is 24.1 Å². The summed E-state index contributed by atoms with van der Waals surface area (Å²) in [6.07, 6.45) is 3.85. The number of anilines is 1. The van der Waals surface area contributed by atoms with Gasteiger partial charge in [-0.25, -0.2) is 0 Å².